The first-order valence-electron chi connectivity index (χ1n) is 9.35. The number of carbonyl (C=O) groups excluding carboxylic acids is 1. The van der Waals surface area contributed by atoms with Crippen molar-refractivity contribution in [2.45, 2.75) is 32.7 Å². The van der Waals surface area contributed by atoms with Crippen LogP contribution < -0.4 is 10.1 Å². The van der Waals surface area contributed by atoms with E-state index in [0.717, 1.165) is 18.7 Å². The summed E-state index contributed by atoms with van der Waals surface area (Å²) in [5.41, 5.74) is 3.89. The zero-order chi connectivity index (χ0) is 21.2. The lowest BCUT2D eigenvalue weighted by Gasteiger charge is -2.21. The molecule has 0 saturated heterocycles. The normalized spacial score (nSPS) is 13.5. The van der Waals surface area contributed by atoms with E-state index in [1.807, 2.05) is 19.1 Å². The molecule has 1 aromatic heterocycles. The molecule has 29 heavy (non-hydrogen) atoms. The average molecular weight is 400 g/mol. The average Bonchev–Trinajstić information content (AvgIpc) is 3.06. The van der Waals surface area contributed by atoms with Gasteiger partial charge in [0.05, 0.1) is 12.7 Å². The molecule has 0 bridgehead atoms. The Balaban J connectivity index is 0.000000941. The van der Waals surface area contributed by atoms with Crippen LogP contribution in [0.2, 0.25) is 0 Å². The highest BCUT2D eigenvalue weighted by atomic mass is 16.5. The van der Waals surface area contributed by atoms with E-state index in [0.29, 0.717) is 18.8 Å². The van der Waals surface area contributed by atoms with Crippen molar-refractivity contribution < 1.29 is 19.4 Å². The Labute approximate surface area is 171 Å². The minimum absolute atomic E-state index is 0.107. The van der Waals surface area contributed by atoms with Crippen LogP contribution in [0.1, 0.15) is 23.6 Å². The summed E-state index contributed by atoms with van der Waals surface area (Å²) in [6, 6.07) is 10.0. The van der Waals surface area contributed by atoms with Gasteiger partial charge in [0.25, 0.3) is 6.47 Å². The molecule has 1 aliphatic rings. The molecule has 1 atom stereocenters. The summed E-state index contributed by atoms with van der Waals surface area (Å²) in [6.07, 6.45) is 3.23. The number of ether oxygens (including phenoxy) is 1. The number of carbonyl (C=O) groups is 2. The van der Waals surface area contributed by atoms with Gasteiger partial charge in [0.2, 0.25) is 0 Å². The minimum atomic E-state index is -0.250. The highest BCUT2D eigenvalue weighted by molar-refractivity contribution is 5.73. The van der Waals surface area contributed by atoms with Gasteiger partial charge in [-0.25, -0.2) is 4.79 Å². The molecule has 156 valence electrons. The van der Waals surface area contributed by atoms with Crippen molar-refractivity contribution in [3.05, 3.63) is 59.4 Å². The number of hydrogen-bond donors (Lipinski definition) is 2. The molecule has 2 aromatic rings. The van der Waals surface area contributed by atoms with Gasteiger partial charge in [-0.15, -0.1) is 0 Å². The summed E-state index contributed by atoms with van der Waals surface area (Å²) < 4.78 is 5.72. The molecule has 0 saturated carbocycles. The highest BCUT2D eigenvalue weighted by Gasteiger charge is 2.17. The number of aromatic nitrogens is 1. The molecule has 2 N–H and O–H groups in total. The van der Waals surface area contributed by atoms with Crippen LogP contribution in [0.4, 0.5) is 4.79 Å². The summed E-state index contributed by atoms with van der Waals surface area (Å²) >= 11 is 0. The molecule has 0 fully saturated rings. The van der Waals surface area contributed by atoms with Crippen molar-refractivity contribution in [2.75, 3.05) is 20.6 Å². The minimum Gasteiger partial charge on any atom is -0.487 e. The standard InChI is InChI=1S/C20H26N4O2.CH2O2/c1-15(26-19-5-4-8-21-11-19)10-22-20(25)24(3)12-16-6-7-17-13-23(2)14-18(17)9-16;2-1-3/h4-9,11,15H,10,12-14H2,1-3H3,(H,22,25);1H,(H,2,3). The molecule has 3 rings (SSSR count). The molecule has 1 aliphatic heterocycles. The molecule has 2 amide bonds. The molecular weight excluding hydrogens is 372 g/mol. The van der Waals surface area contributed by atoms with Crippen molar-refractivity contribution in [3.63, 3.8) is 0 Å². The maximum absolute atomic E-state index is 12.3. The van der Waals surface area contributed by atoms with Gasteiger partial charge in [0.1, 0.15) is 11.9 Å². The second-order valence-corrected chi connectivity index (χ2v) is 7.04. The fraction of sp³-hybridized carbons (Fsp3) is 0.381. The van der Waals surface area contributed by atoms with Crippen LogP contribution in [0, 0.1) is 0 Å². The molecule has 8 heteroatoms. The predicted molar refractivity (Wildman–Crippen MR) is 109 cm³/mol. The van der Waals surface area contributed by atoms with E-state index in [1.54, 1.807) is 24.3 Å². The molecule has 0 aliphatic carbocycles. The number of benzene rings is 1. The van der Waals surface area contributed by atoms with Gasteiger partial charge in [-0.2, -0.15) is 0 Å². The Morgan fingerprint density at radius 1 is 1.38 bits per heavy atom. The SMILES string of the molecule is CC(CNC(=O)N(C)Cc1ccc2c(c1)CN(C)C2)Oc1cccnc1.O=CO. The van der Waals surface area contributed by atoms with Crippen molar-refractivity contribution in [2.24, 2.45) is 0 Å². The van der Waals surface area contributed by atoms with Gasteiger partial charge < -0.3 is 20.1 Å². The molecule has 0 radical (unpaired) electrons. The molecule has 8 nitrogen and oxygen atoms in total. The number of nitrogens with zero attached hydrogens (tertiary/aromatic N) is 3. The van der Waals surface area contributed by atoms with Crippen molar-refractivity contribution in [3.8, 4) is 5.75 Å². The summed E-state index contributed by atoms with van der Waals surface area (Å²) in [6.45, 7) is 4.67. The van der Waals surface area contributed by atoms with E-state index >= 15 is 0 Å². The lowest BCUT2D eigenvalue weighted by molar-refractivity contribution is -0.122. The number of amides is 2. The fourth-order valence-corrected chi connectivity index (χ4v) is 3.12. The summed E-state index contributed by atoms with van der Waals surface area (Å²) in [7, 11) is 3.93. The number of fused-ring (bicyclic) bond motifs is 1. The first-order chi connectivity index (χ1) is 13.9. The molecule has 0 spiro atoms. The van der Waals surface area contributed by atoms with Crippen LogP contribution in [-0.4, -0.2) is 59.1 Å². The van der Waals surface area contributed by atoms with Crippen LogP contribution >= 0.6 is 0 Å². The number of carboxylic acid groups (broad SMARTS) is 1. The summed E-state index contributed by atoms with van der Waals surface area (Å²) in [5.74, 6) is 0.700. The number of urea groups is 1. The van der Waals surface area contributed by atoms with E-state index in [-0.39, 0.29) is 18.6 Å². The highest BCUT2D eigenvalue weighted by Crippen LogP contribution is 2.22. The zero-order valence-electron chi connectivity index (χ0n) is 17.0. The fourth-order valence-electron chi connectivity index (χ4n) is 3.12. The first kappa shape index (κ1) is 22.2. The van der Waals surface area contributed by atoms with Crippen molar-refractivity contribution >= 4 is 12.5 Å². The Morgan fingerprint density at radius 2 is 2.10 bits per heavy atom. The van der Waals surface area contributed by atoms with Crippen molar-refractivity contribution in [1.29, 1.82) is 0 Å². The van der Waals surface area contributed by atoms with Gasteiger partial charge in [-0.1, -0.05) is 18.2 Å². The summed E-state index contributed by atoms with van der Waals surface area (Å²) in [4.78, 5) is 28.7. The van der Waals surface area contributed by atoms with Gasteiger partial charge in [-0.3, -0.25) is 14.7 Å². The number of rotatable bonds is 6. The predicted octanol–water partition coefficient (Wildman–Crippen LogP) is 2.34. The van der Waals surface area contributed by atoms with E-state index < -0.39 is 0 Å². The first-order valence-corrected chi connectivity index (χ1v) is 9.35. The maximum Gasteiger partial charge on any atom is 0.317 e. The second-order valence-electron chi connectivity index (χ2n) is 7.04. The van der Waals surface area contributed by atoms with Gasteiger partial charge >= 0.3 is 6.03 Å². The van der Waals surface area contributed by atoms with E-state index in [9.17, 15) is 4.79 Å². The van der Waals surface area contributed by atoms with E-state index in [4.69, 9.17) is 14.6 Å². The van der Waals surface area contributed by atoms with E-state index in [2.05, 4.69) is 40.4 Å². The number of hydrogen-bond acceptors (Lipinski definition) is 5. The van der Waals surface area contributed by atoms with Crippen LogP contribution in [-0.2, 0) is 24.4 Å². The van der Waals surface area contributed by atoms with Crippen LogP contribution in [0.15, 0.2) is 42.7 Å². The van der Waals surface area contributed by atoms with Crippen LogP contribution in [0.25, 0.3) is 0 Å². The Hall–Kier alpha value is -3.13. The van der Waals surface area contributed by atoms with Crippen molar-refractivity contribution in [1.82, 2.24) is 20.1 Å². The van der Waals surface area contributed by atoms with Crippen LogP contribution in [0.5, 0.6) is 5.75 Å². The maximum atomic E-state index is 12.3. The second kappa shape index (κ2) is 11.0. The quantitative estimate of drug-likeness (QED) is 0.723. The lowest BCUT2D eigenvalue weighted by atomic mass is 10.1. The lowest BCUT2D eigenvalue weighted by Crippen LogP contribution is -2.41. The topological polar surface area (TPSA) is 95.0 Å². The number of nitrogens with one attached hydrogen (secondary N) is 1. The van der Waals surface area contributed by atoms with E-state index in [1.165, 1.54) is 11.1 Å². The Kier molecular flexibility index (Phi) is 8.42. The Bertz CT molecular complexity index is 801. The van der Waals surface area contributed by atoms with Gasteiger partial charge in [0, 0.05) is 32.9 Å². The van der Waals surface area contributed by atoms with Crippen LogP contribution in [0.3, 0.4) is 0 Å². The summed E-state index contributed by atoms with van der Waals surface area (Å²) in [5, 5.41) is 9.80. The smallest absolute Gasteiger partial charge is 0.317 e. The molecule has 2 heterocycles. The van der Waals surface area contributed by atoms with Gasteiger partial charge in [-0.05, 0) is 42.8 Å². The third kappa shape index (κ3) is 7.08. The third-order valence-corrected chi connectivity index (χ3v) is 4.43. The monoisotopic (exact) mass is 400 g/mol. The zero-order valence-corrected chi connectivity index (χ0v) is 17.0. The Morgan fingerprint density at radius 3 is 2.79 bits per heavy atom. The number of pyridine rings is 1. The molecular formula is C21H28N4O4. The largest absolute Gasteiger partial charge is 0.487 e. The molecule has 1 unspecified atom stereocenters. The third-order valence-electron chi connectivity index (χ3n) is 4.43. The molecule has 1 aromatic carbocycles. The van der Waals surface area contributed by atoms with Gasteiger partial charge in [0.15, 0.2) is 0 Å².